The summed E-state index contributed by atoms with van der Waals surface area (Å²) in [6, 6.07) is 9.61. The van der Waals surface area contributed by atoms with E-state index in [-0.39, 0.29) is 30.3 Å². The molecule has 0 spiro atoms. The average molecular weight is 605 g/mol. The number of hydrogen-bond acceptors (Lipinski definition) is 7. The number of urea groups is 1. The number of ether oxygens (including phenoxy) is 1. The van der Waals surface area contributed by atoms with E-state index in [4.69, 9.17) is 32.5 Å². The van der Waals surface area contributed by atoms with Gasteiger partial charge in [0.05, 0.1) is 33.9 Å². The van der Waals surface area contributed by atoms with Crippen molar-refractivity contribution in [2.24, 2.45) is 5.92 Å². The van der Waals surface area contributed by atoms with E-state index in [2.05, 4.69) is 20.7 Å². The van der Waals surface area contributed by atoms with Crippen LogP contribution in [-0.2, 0) is 6.54 Å². The van der Waals surface area contributed by atoms with E-state index in [0.717, 1.165) is 5.56 Å². The van der Waals surface area contributed by atoms with Gasteiger partial charge in [-0.3, -0.25) is 9.69 Å². The van der Waals surface area contributed by atoms with Crippen LogP contribution in [0.4, 0.5) is 16.2 Å². The minimum Gasteiger partial charge on any atom is -0.486 e. The largest absolute Gasteiger partial charge is 0.486 e. The third kappa shape index (κ3) is 7.13. The summed E-state index contributed by atoms with van der Waals surface area (Å²) < 4.78 is 11.7. The van der Waals surface area contributed by atoms with Crippen molar-refractivity contribution in [2.75, 3.05) is 37.4 Å². The molecule has 4 rings (SSSR count). The number of rotatable bonds is 8. The van der Waals surface area contributed by atoms with Gasteiger partial charge in [-0.2, -0.15) is 0 Å². The molecule has 0 unspecified atom stereocenters. The van der Waals surface area contributed by atoms with Crippen molar-refractivity contribution in [3.63, 3.8) is 0 Å². The first-order chi connectivity index (χ1) is 19.5. The summed E-state index contributed by atoms with van der Waals surface area (Å²) in [6.07, 6.45) is -0.364. The predicted octanol–water partition coefficient (Wildman–Crippen LogP) is 5.59. The summed E-state index contributed by atoms with van der Waals surface area (Å²) in [6.45, 7) is 8.53. The van der Waals surface area contributed by atoms with E-state index in [0.29, 0.717) is 58.1 Å². The van der Waals surface area contributed by atoms with Crippen molar-refractivity contribution >= 4 is 46.5 Å². The maximum Gasteiger partial charge on any atom is 0.323 e. The van der Waals surface area contributed by atoms with Crippen LogP contribution in [0.25, 0.3) is 0 Å². The zero-order valence-corrected chi connectivity index (χ0v) is 25.2. The van der Waals surface area contributed by atoms with Gasteiger partial charge in [-0.05, 0) is 57.6 Å². The number of likely N-dealkylation sites (N-methyl/N-ethyl adjacent to an activating group) is 1. The van der Waals surface area contributed by atoms with Gasteiger partial charge in [-0.15, -0.1) is 0 Å². The molecule has 3 aromatic rings. The molecule has 220 valence electrons. The molecule has 0 radical (unpaired) electrons. The minimum absolute atomic E-state index is 0.110. The number of aryl methyl sites for hydroxylation is 2. The van der Waals surface area contributed by atoms with Gasteiger partial charge in [0.15, 0.2) is 11.5 Å². The molecule has 41 heavy (non-hydrogen) atoms. The molecule has 10 nitrogen and oxygen atoms in total. The van der Waals surface area contributed by atoms with Crippen LogP contribution in [0.2, 0.25) is 10.0 Å². The molecule has 3 N–H and O–H groups in total. The maximum atomic E-state index is 13.7. The van der Waals surface area contributed by atoms with E-state index in [1.807, 2.05) is 26.1 Å². The van der Waals surface area contributed by atoms with E-state index in [9.17, 15) is 14.7 Å². The number of benzene rings is 2. The van der Waals surface area contributed by atoms with Crippen LogP contribution in [0, 0.1) is 19.8 Å². The van der Waals surface area contributed by atoms with E-state index in [1.165, 1.54) is 0 Å². The zero-order valence-electron chi connectivity index (χ0n) is 23.7. The number of aliphatic hydroxyl groups excluding tert-OH is 1. The second-order valence-corrected chi connectivity index (χ2v) is 11.3. The quantitative estimate of drug-likeness (QED) is 0.307. The van der Waals surface area contributed by atoms with Crippen molar-refractivity contribution in [1.82, 2.24) is 15.0 Å². The third-order valence-corrected chi connectivity index (χ3v) is 7.88. The van der Waals surface area contributed by atoms with Crippen molar-refractivity contribution in [1.29, 1.82) is 0 Å². The molecule has 12 heteroatoms. The van der Waals surface area contributed by atoms with Gasteiger partial charge in [0.25, 0.3) is 5.91 Å². The standard InChI is InChI=1S/C29H35Cl2N5O5/c1-16-12-36(17(2)15-37)28(38)21-7-6-8-24(32-29(39)33-26-18(3)34-41-19(26)4)27(21)40-25(16)14-35(5)13-20-9-10-22(30)23(31)11-20/h6-11,16-17,25,37H,12-15H2,1-5H3,(H2,32,33,39)/t16-,17-,25-/m0/s1. The van der Waals surface area contributed by atoms with Gasteiger partial charge in [-0.1, -0.05) is 47.4 Å². The molecule has 2 aromatic carbocycles. The van der Waals surface area contributed by atoms with Crippen LogP contribution >= 0.6 is 23.2 Å². The number of hydrogen-bond donors (Lipinski definition) is 3. The van der Waals surface area contributed by atoms with E-state index < -0.39 is 12.1 Å². The summed E-state index contributed by atoms with van der Waals surface area (Å²) in [7, 11) is 1.97. The molecule has 2 heterocycles. The lowest BCUT2D eigenvalue weighted by Crippen LogP contribution is -2.49. The van der Waals surface area contributed by atoms with Crippen molar-refractivity contribution in [2.45, 2.75) is 46.4 Å². The number of aliphatic hydroxyl groups is 1. The smallest absolute Gasteiger partial charge is 0.323 e. The highest BCUT2D eigenvalue weighted by Crippen LogP contribution is 2.35. The molecule has 0 saturated carbocycles. The maximum absolute atomic E-state index is 13.7. The highest BCUT2D eigenvalue weighted by atomic mass is 35.5. The Bertz CT molecular complexity index is 1390. The lowest BCUT2D eigenvalue weighted by Gasteiger charge is -2.38. The van der Waals surface area contributed by atoms with Gasteiger partial charge < -0.3 is 29.9 Å². The fraction of sp³-hybridized carbons (Fsp3) is 0.414. The van der Waals surface area contributed by atoms with E-state index >= 15 is 0 Å². The molecule has 3 amide bonds. The average Bonchev–Trinajstić information content (AvgIpc) is 3.24. The van der Waals surface area contributed by atoms with Crippen LogP contribution in [0.1, 0.15) is 41.2 Å². The topological polar surface area (TPSA) is 120 Å². The molecule has 0 fully saturated rings. The number of carbonyl (C=O) groups is 2. The highest BCUT2D eigenvalue weighted by molar-refractivity contribution is 6.42. The number of para-hydroxylation sites is 1. The Labute approximate surface area is 249 Å². The fourth-order valence-corrected chi connectivity index (χ4v) is 5.13. The Hall–Kier alpha value is -3.31. The SMILES string of the molecule is Cc1noc(C)c1NC(=O)Nc1cccc2c1O[C@@H](CN(C)Cc1ccc(Cl)c(Cl)c1)[C@@H](C)CN([C@@H](C)CO)C2=O. The Morgan fingerprint density at radius 2 is 1.98 bits per heavy atom. The predicted molar refractivity (Wildman–Crippen MR) is 159 cm³/mol. The van der Waals surface area contributed by atoms with Crippen LogP contribution in [-0.4, -0.2) is 70.9 Å². The molecular formula is C29H35Cl2N5O5. The van der Waals surface area contributed by atoms with E-state index in [1.54, 1.807) is 49.9 Å². The van der Waals surface area contributed by atoms with Crippen molar-refractivity contribution in [3.8, 4) is 5.75 Å². The first-order valence-electron chi connectivity index (χ1n) is 13.3. The first kappa shape index (κ1) is 30.6. The van der Waals surface area contributed by atoms with Crippen molar-refractivity contribution < 1.29 is 24.0 Å². The lowest BCUT2D eigenvalue weighted by molar-refractivity contribution is 0.0343. The number of nitrogens with one attached hydrogen (secondary N) is 2. The Balaban J connectivity index is 1.64. The second-order valence-electron chi connectivity index (χ2n) is 10.5. The molecule has 1 aliphatic heterocycles. The van der Waals surface area contributed by atoms with Crippen LogP contribution < -0.4 is 15.4 Å². The molecule has 3 atom stereocenters. The van der Waals surface area contributed by atoms with Crippen LogP contribution in [0.15, 0.2) is 40.9 Å². The number of fused-ring (bicyclic) bond motifs is 1. The van der Waals surface area contributed by atoms with Crippen molar-refractivity contribution in [3.05, 3.63) is 69.0 Å². The van der Waals surface area contributed by atoms with Gasteiger partial charge in [0, 0.05) is 25.6 Å². The highest BCUT2D eigenvalue weighted by Gasteiger charge is 2.34. The Morgan fingerprint density at radius 3 is 2.63 bits per heavy atom. The van der Waals surface area contributed by atoms with Gasteiger partial charge in [0.1, 0.15) is 17.5 Å². The number of amides is 3. The van der Waals surface area contributed by atoms with Crippen LogP contribution in [0.5, 0.6) is 5.75 Å². The molecule has 0 bridgehead atoms. The molecule has 0 saturated heterocycles. The second kappa shape index (κ2) is 13.1. The molecule has 1 aromatic heterocycles. The number of aromatic nitrogens is 1. The minimum atomic E-state index is -0.534. The normalized spacial score (nSPS) is 17.9. The Kier molecular flexibility index (Phi) is 9.80. The number of carbonyl (C=O) groups excluding carboxylic acids is 2. The monoisotopic (exact) mass is 603 g/mol. The lowest BCUT2D eigenvalue weighted by atomic mass is 9.99. The first-order valence-corrected chi connectivity index (χ1v) is 14.1. The Morgan fingerprint density at radius 1 is 1.22 bits per heavy atom. The summed E-state index contributed by atoms with van der Waals surface area (Å²) in [5, 5.41) is 20.4. The van der Waals surface area contributed by atoms with Gasteiger partial charge in [-0.25, -0.2) is 4.79 Å². The third-order valence-electron chi connectivity index (χ3n) is 7.14. The number of halogens is 2. The molecule has 0 aliphatic carbocycles. The summed E-state index contributed by atoms with van der Waals surface area (Å²) in [5.74, 6) is 0.341. The zero-order chi connectivity index (χ0) is 29.8. The molecule has 1 aliphatic rings. The number of nitrogens with zero attached hydrogens (tertiary/aromatic N) is 3. The summed E-state index contributed by atoms with van der Waals surface area (Å²) in [4.78, 5) is 30.5. The summed E-state index contributed by atoms with van der Waals surface area (Å²) in [5.41, 5.74) is 2.63. The van der Waals surface area contributed by atoms with Gasteiger partial charge >= 0.3 is 6.03 Å². The fourth-order valence-electron chi connectivity index (χ4n) is 4.81. The summed E-state index contributed by atoms with van der Waals surface area (Å²) >= 11 is 12.3. The molecular weight excluding hydrogens is 569 g/mol. The van der Waals surface area contributed by atoms with Crippen LogP contribution in [0.3, 0.4) is 0 Å². The number of anilines is 2. The van der Waals surface area contributed by atoms with Gasteiger partial charge in [0.2, 0.25) is 0 Å².